The molecule has 0 aliphatic rings. The van der Waals surface area contributed by atoms with Crippen LogP contribution in [-0.2, 0) is 4.74 Å². The molecule has 7 heteroatoms. The lowest BCUT2D eigenvalue weighted by Gasteiger charge is -2.09. The molecule has 7 nitrogen and oxygen atoms in total. The zero-order valence-electron chi connectivity index (χ0n) is 9.43. The second kappa shape index (κ2) is 6.09. The Kier molecular flexibility index (Phi) is 4.74. The molecule has 0 aliphatic heterocycles. The summed E-state index contributed by atoms with van der Waals surface area (Å²) < 4.78 is 10.6. The first-order valence-electron chi connectivity index (χ1n) is 4.97. The third kappa shape index (κ3) is 4.28. The minimum absolute atomic E-state index is 0.107. The Bertz CT molecular complexity index is 332. The number of nitrogens with one attached hydrogen (secondary N) is 1. The Labute approximate surface area is 94.1 Å². The Hall–Kier alpha value is -1.60. The number of anilines is 2. The van der Waals surface area contributed by atoms with E-state index in [9.17, 15) is 0 Å². The van der Waals surface area contributed by atoms with E-state index >= 15 is 0 Å². The van der Waals surface area contributed by atoms with Crippen LogP contribution in [0.4, 0.5) is 11.8 Å². The summed E-state index contributed by atoms with van der Waals surface area (Å²) in [5.74, 6) is 6.09. The summed E-state index contributed by atoms with van der Waals surface area (Å²) in [6, 6.07) is 1.56. The normalized spacial score (nSPS) is 10.5. The van der Waals surface area contributed by atoms with Crippen LogP contribution in [0.25, 0.3) is 0 Å². The van der Waals surface area contributed by atoms with E-state index in [0.29, 0.717) is 24.9 Å². The smallest absolute Gasteiger partial charge is 0.225 e. The molecule has 0 aromatic carbocycles. The molecular formula is C9H17N5O2. The minimum Gasteiger partial charge on any atom is -0.475 e. The summed E-state index contributed by atoms with van der Waals surface area (Å²) in [5, 5.41) is 0. The molecule has 0 amide bonds. The molecule has 5 N–H and O–H groups in total. The number of rotatable bonds is 6. The lowest BCUT2D eigenvalue weighted by Crippen LogP contribution is -2.14. The SMILES string of the molecule is CC(C)OCCOc1cc(NN)nc(N)n1. The summed E-state index contributed by atoms with van der Waals surface area (Å²) in [7, 11) is 0. The number of nitrogens with two attached hydrogens (primary N) is 2. The van der Waals surface area contributed by atoms with E-state index in [1.807, 2.05) is 13.8 Å². The van der Waals surface area contributed by atoms with Gasteiger partial charge in [0.2, 0.25) is 11.8 Å². The minimum atomic E-state index is 0.107. The van der Waals surface area contributed by atoms with Crippen molar-refractivity contribution in [2.75, 3.05) is 24.4 Å². The van der Waals surface area contributed by atoms with Crippen LogP contribution < -0.4 is 21.7 Å². The number of aromatic nitrogens is 2. The number of ether oxygens (including phenoxy) is 2. The van der Waals surface area contributed by atoms with Gasteiger partial charge in [0.05, 0.1) is 12.7 Å². The van der Waals surface area contributed by atoms with Crippen molar-refractivity contribution in [3.63, 3.8) is 0 Å². The second-order valence-corrected chi connectivity index (χ2v) is 3.36. The summed E-state index contributed by atoms with van der Waals surface area (Å²) in [4.78, 5) is 7.72. The predicted molar refractivity (Wildman–Crippen MR) is 60.8 cm³/mol. The van der Waals surface area contributed by atoms with Gasteiger partial charge in [0.25, 0.3) is 0 Å². The van der Waals surface area contributed by atoms with Crippen LogP contribution in [0.5, 0.6) is 5.88 Å². The number of nitrogen functional groups attached to an aromatic ring is 2. The van der Waals surface area contributed by atoms with E-state index in [-0.39, 0.29) is 12.1 Å². The third-order valence-corrected chi connectivity index (χ3v) is 1.65. The molecule has 0 saturated carbocycles. The van der Waals surface area contributed by atoms with Crippen molar-refractivity contribution < 1.29 is 9.47 Å². The van der Waals surface area contributed by atoms with Gasteiger partial charge in [-0.1, -0.05) is 0 Å². The average molecular weight is 227 g/mol. The van der Waals surface area contributed by atoms with Gasteiger partial charge in [-0.2, -0.15) is 9.97 Å². The van der Waals surface area contributed by atoms with Crippen molar-refractivity contribution in [2.24, 2.45) is 5.84 Å². The highest BCUT2D eigenvalue weighted by Crippen LogP contribution is 2.13. The third-order valence-electron chi connectivity index (χ3n) is 1.65. The van der Waals surface area contributed by atoms with Gasteiger partial charge in [0.1, 0.15) is 12.4 Å². The highest BCUT2D eigenvalue weighted by atomic mass is 16.5. The van der Waals surface area contributed by atoms with Crippen molar-refractivity contribution in [3.05, 3.63) is 6.07 Å². The number of hydrazine groups is 1. The molecule has 90 valence electrons. The number of hydrogen-bond donors (Lipinski definition) is 3. The quantitative estimate of drug-likeness (QED) is 0.360. The van der Waals surface area contributed by atoms with Gasteiger partial charge < -0.3 is 20.6 Å². The maximum absolute atomic E-state index is 5.46. The second-order valence-electron chi connectivity index (χ2n) is 3.36. The zero-order chi connectivity index (χ0) is 12.0. The van der Waals surface area contributed by atoms with Gasteiger partial charge in [-0.3, -0.25) is 0 Å². The Morgan fingerprint density at radius 1 is 1.38 bits per heavy atom. The maximum atomic E-state index is 5.46. The average Bonchev–Trinajstić information content (AvgIpc) is 2.23. The molecule has 0 aliphatic carbocycles. The fourth-order valence-electron chi connectivity index (χ4n) is 1.02. The van der Waals surface area contributed by atoms with Crippen molar-refractivity contribution in [2.45, 2.75) is 20.0 Å². The molecule has 0 unspecified atom stereocenters. The van der Waals surface area contributed by atoms with Crippen LogP contribution in [-0.4, -0.2) is 29.3 Å². The van der Waals surface area contributed by atoms with Crippen LogP contribution in [0.15, 0.2) is 6.07 Å². The summed E-state index contributed by atoms with van der Waals surface area (Å²) in [5.41, 5.74) is 7.83. The summed E-state index contributed by atoms with van der Waals surface area (Å²) >= 11 is 0. The first-order chi connectivity index (χ1) is 7.61. The fraction of sp³-hybridized carbons (Fsp3) is 0.556. The standard InChI is InChI=1S/C9H17N5O2/c1-6(2)15-3-4-16-8-5-7(14-11)12-9(10)13-8/h5-6H,3-4,11H2,1-2H3,(H3,10,12,13,14). The van der Waals surface area contributed by atoms with Crippen LogP contribution in [0, 0.1) is 0 Å². The van der Waals surface area contributed by atoms with Gasteiger partial charge >= 0.3 is 0 Å². The molecule has 0 radical (unpaired) electrons. The lowest BCUT2D eigenvalue weighted by molar-refractivity contribution is 0.0543. The molecule has 0 bridgehead atoms. The molecule has 0 fully saturated rings. The maximum Gasteiger partial charge on any atom is 0.225 e. The van der Waals surface area contributed by atoms with Gasteiger partial charge in [-0.25, -0.2) is 5.84 Å². The van der Waals surface area contributed by atoms with E-state index in [1.54, 1.807) is 6.07 Å². The molecule has 1 heterocycles. The topological polar surface area (TPSA) is 108 Å². The van der Waals surface area contributed by atoms with Gasteiger partial charge in [0.15, 0.2) is 0 Å². The molecular weight excluding hydrogens is 210 g/mol. The van der Waals surface area contributed by atoms with E-state index in [4.69, 9.17) is 21.1 Å². The number of hydrogen-bond acceptors (Lipinski definition) is 7. The first kappa shape index (κ1) is 12.5. The van der Waals surface area contributed by atoms with Crippen LogP contribution in [0.2, 0.25) is 0 Å². The monoisotopic (exact) mass is 227 g/mol. The van der Waals surface area contributed by atoms with E-state index in [0.717, 1.165) is 0 Å². The summed E-state index contributed by atoms with van der Waals surface area (Å²) in [6.45, 7) is 4.81. The molecule has 1 rings (SSSR count). The molecule has 0 spiro atoms. The first-order valence-corrected chi connectivity index (χ1v) is 4.97. The summed E-state index contributed by atoms with van der Waals surface area (Å²) in [6.07, 6.45) is 0.181. The predicted octanol–water partition coefficient (Wildman–Crippen LogP) is 0.148. The Morgan fingerprint density at radius 3 is 2.75 bits per heavy atom. The van der Waals surface area contributed by atoms with Crippen LogP contribution >= 0.6 is 0 Å². The largest absolute Gasteiger partial charge is 0.475 e. The van der Waals surface area contributed by atoms with Gasteiger partial charge in [-0.05, 0) is 13.8 Å². The number of nitrogens with zero attached hydrogens (tertiary/aromatic N) is 2. The van der Waals surface area contributed by atoms with E-state index in [1.165, 1.54) is 0 Å². The van der Waals surface area contributed by atoms with Crippen molar-refractivity contribution in [3.8, 4) is 5.88 Å². The van der Waals surface area contributed by atoms with Crippen molar-refractivity contribution in [1.29, 1.82) is 0 Å². The zero-order valence-corrected chi connectivity index (χ0v) is 9.43. The molecule has 0 saturated heterocycles. The van der Waals surface area contributed by atoms with Gasteiger partial charge in [-0.15, -0.1) is 0 Å². The Balaban J connectivity index is 2.44. The molecule has 16 heavy (non-hydrogen) atoms. The lowest BCUT2D eigenvalue weighted by atomic mass is 10.5. The van der Waals surface area contributed by atoms with Crippen LogP contribution in [0.3, 0.4) is 0 Å². The van der Waals surface area contributed by atoms with E-state index < -0.39 is 0 Å². The molecule has 0 atom stereocenters. The Morgan fingerprint density at radius 2 is 2.12 bits per heavy atom. The van der Waals surface area contributed by atoms with Crippen molar-refractivity contribution in [1.82, 2.24) is 9.97 Å². The van der Waals surface area contributed by atoms with Crippen molar-refractivity contribution >= 4 is 11.8 Å². The van der Waals surface area contributed by atoms with E-state index in [2.05, 4.69) is 15.4 Å². The highest BCUT2D eigenvalue weighted by Gasteiger charge is 2.02. The highest BCUT2D eigenvalue weighted by molar-refractivity contribution is 5.41. The molecule has 1 aromatic rings. The fourth-order valence-corrected chi connectivity index (χ4v) is 1.02. The molecule has 1 aromatic heterocycles. The van der Waals surface area contributed by atoms with Gasteiger partial charge in [0, 0.05) is 6.07 Å². The van der Waals surface area contributed by atoms with Crippen LogP contribution in [0.1, 0.15) is 13.8 Å².